The van der Waals surface area contributed by atoms with Crippen LogP contribution in [0.3, 0.4) is 0 Å². The van der Waals surface area contributed by atoms with Crippen LogP contribution in [0.2, 0.25) is 0 Å². The van der Waals surface area contributed by atoms with Gasteiger partial charge in [-0.05, 0) is 62.7 Å². The minimum Gasteiger partial charge on any atom is -0.481 e. The molecule has 3 fully saturated rings. The summed E-state index contributed by atoms with van der Waals surface area (Å²) < 4.78 is 45.1. The molecule has 12 heteroatoms. The molecule has 8 nitrogen and oxygen atoms in total. The summed E-state index contributed by atoms with van der Waals surface area (Å²) in [6.07, 6.45) is 0.306. The van der Waals surface area contributed by atoms with Crippen molar-refractivity contribution in [2.75, 3.05) is 6.01 Å². The molecule has 0 saturated heterocycles. The van der Waals surface area contributed by atoms with Gasteiger partial charge in [0, 0.05) is 16.7 Å². The van der Waals surface area contributed by atoms with E-state index in [0.717, 1.165) is 13.0 Å². The van der Waals surface area contributed by atoms with Crippen molar-refractivity contribution in [3.8, 4) is 0 Å². The van der Waals surface area contributed by atoms with Gasteiger partial charge in [0.2, 0.25) is 5.12 Å². The van der Waals surface area contributed by atoms with E-state index in [2.05, 4.69) is 0 Å². The summed E-state index contributed by atoms with van der Waals surface area (Å²) in [4.78, 5) is 44.1. The molecule has 0 spiro atoms. The van der Waals surface area contributed by atoms with Gasteiger partial charge in [-0.15, -0.1) is 0 Å². The molecule has 4 rings (SSSR count). The maximum Gasteiger partial charge on any atom is 0.317 e. The van der Waals surface area contributed by atoms with Crippen molar-refractivity contribution < 1.29 is 52.8 Å². The molecule has 4 N–H and O–H groups in total. The first kappa shape index (κ1) is 30.4. The summed E-state index contributed by atoms with van der Waals surface area (Å²) in [5.41, 5.74) is -6.91. The van der Waals surface area contributed by atoms with Crippen molar-refractivity contribution in [2.45, 2.75) is 70.5 Å². The van der Waals surface area contributed by atoms with Crippen LogP contribution in [0, 0.1) is 34.5 Å². The van der Waals surface area contributed by atoms with Crippen LogP contribution in [-0.4, -0.2) is 72.8 Å². The number of fused-ring (bicyclic) bond motifs is 5. The van der Waals surface area contributed by atoms with Gasteiger partial charge in [-0.25, -0.2) is 13.2 Å². The van der Waals surface area contributed by atoms with Crippen LogP contribution in [0.25, 0.3) is 0 Å². The maximum absolute atomic E-state index is 16.9. The standard InChI is InChI=1S/C22H27F3O4S.C4H6O4/c1-11-6-13-14-8-16(24)15-7-12(26)4-5-19(15,2)21(14,25)17(27)9-20(13,3)22(11,29)18(28)30-10-23;1-2(3(5)6)4(7)8/h4-5,7,11,13-14,16-17,27,29H,6,8-10H2,1-3H3;2H,1H3,(H,5,6)(H,7,8)/t11-,13+,14+,16+,17+,19+,20+,21+,22+;/m1./s1. The fourth-order valence-corrected chi connectivity index (χ4v) is 7.99. The highest BCUT2D eigenvalue weighted by atomic mass is 32.2. The van der Waals surface area contributed by atoms with Crippen molar-refractivity contribution >= 4 is 34.6 Å². The fourth-order valence-electron chi connectivity index (χ4n) is 7.24. The van der Waals surface area contributed by atoms with Crippen LogP contribution in [0.5, 0.6) is 0 Å². The van der Waals surface area contributed by atoms with E-state index in [9.17, 15) is 33.8 Å². The Hall–Kier alpha value is -2.18. The summed E-state index contributed by atoms with van der Waals surface area (Å²) in [5.74, 6) is -6.48. The van der Waals surface area contributed by atoms with Gasteiger partial charge in [0.05, 0.1) is 6.10 Å². The average Bonchev–Trinajstić information content (AvgIpc) is 3.03. The number of halogens is 3. The van der Waals surface area contributed by atoms with E-state index < -0.39 is 86.9 Å². The van der Waals surface area contributed by atoms with Crippen LogP contribution in [0.15, 0.2) is 23.8 Å². The lowest BCUT2D eigenvalue weighted by atomic mass is 9.44. The first-order valence-electron chi connectivity index (χ1n) is 12.3. The molecule has 0 heterocycles. The predicted octanol–water partition coefficient (Wildman–Crippen LogP) is 3.26. The van der Waals surface area contributed by atoms with Crippen molar-refractivity contribution in [1.82, 2.24) is 0 Å². The minimum absolute atomic E-state index is 0.0294. The highest BCUT2D eigenvalue weighted by Crippen LogP contribution is 2.71. The van der Waals surface area contributed by atoms with E-state index in [1.165, 1.54) is 19.1 Å². The summed E-state index contributed by atoms with van der Waals surface area (Å²) in [5, 5.41) is 37.8. The Kier molecular flexibility index (Phi) is 8.06. The number of carboxylic acid groups (broad SMARTS) is 2. The smallest absolute Gasteiger partial charge is 0.317 e. The molecule has 0 aromatic rings. The lowest BCUT2D eigenvalue weighted by Gasteiger charge is -2.63. The number of carbonyl (C=O) groups excluding carboxylic acids is 2. The Bertz CT molecular complexity index is 1080. The van der Waals surface area contributed by atoms with Gasteiger partial charge in [-0.2, -0.15) is 0 Å². The molecule has 0 radical (unpaired) electrons. The highest BCUT2D eigenvalue weighted by molar-refractivity contribution is 8.13. The van der Waals surface area contributed by atoms with E-state index in [-0.39, 0.29) is 24.8 Å². The van der Waals surface area contributed by atoms with Crippen LogP contribution in [0.1, 0.15) is 47.0 Å². The Morgan fingerprint density at radius 3 is 2.24 bits per heavy atom. The summed E-state index contributed by atoms with van der Waals surface area (Å²) in [6.45, 7) is 5.90. The Balaban J connectivity index is 0.000000436. The monoisotopic (exact) mass is 562 g/mol. The van der Waals surface area contributed by atoms with Crippen molar-refractivity contribution in [1.29, 1.82) is 0 Å². The Morgan fingerprint density at radius 1 is 1.16 bits per heavy atom. The molecule has 212 valence electrons. The molecule has 0 bridgehead atoms. The van der Waals surface area contributed by atoms with Crippen LogP contribution in [0.4, 0.5) is 13.2 Å². The number of aliphatic carboxylic acids is 2. The zero-order valence-corrected chi connectivity index (χ0v) is 22.3. The minimum atomic E-state index is -2.26. The second-order valence-electron chi connectivity index (χ2n) is 11.2. The van der Waals surface area contributed by atoms with Crippen molar-refractivity contribution in [3.05, 3.63) is 23.8 Å². The number of aliphatic hydroxyl groups excluding tert-OH is 1. The van der Waals surface area contributed by atoms with Gasteiger partial charge in [0.25, 0.3) is 0 Å². The van der Waals surface area contributed by atoms with Gasteiger partial charge in [-0.3, -0.25) is 19.2 Å². The van der Waals surface area contributed by atoms with Crippen LogP contribution < -0.4 is 0 Å². The van der Waals surface area contributed by atoms with Crippen molar-refractivity contribution in [2.24, 2.45) is 34.5 Å². The number of hydrogen-bond donors (Lipinski definition) is 4. The van der Waals surface area contributed by atoms with E-state index in [1.807, 2.05) is 0 Å². The molecule has 0 aromatic heterocycles. The molecule has 0 amide bonds. The quantitative estimate of drug-likeness (QED) is 0.379. The zero-order valence-electron chi connectivity index (χ0n) is 21.5. The van der Waals surface area contributed by atoms with Crippen LogP contribution >= 0.6 is 11.8 Å². The highest BCUT2D eigenvalue weighted by Gasteiger charge is 2.76. The Labute approximate surface area is 222 Å². The fraction of sp³-hybridized carbons (Fsp3) is 0.692. The second-order valence-corrected chi connectivity index (χ2v) is 12.1. The average molecular weight is 563 g/mol. The molecule has 0 aromatic carbocycles. The lowest BCUT2D eigenvalue weighted by molar-refractivity contribution is -0.221. The molecule has 0 aliphatic heterocycles. The topological polar surface area (TPSA) is 149 Å². The Morgan fingerprint density at radius 2 is 1.74 bits per heavy atom. The molecular formula is C26H33F3O8S. The molecule has 4 aliphatic rings. The number of alkyl halides is 3. The van der Waals surface area contributed by atoms with E-state index in [4.69, 9.17) is 10.2 Å². The third kappa shape index (κ3) is 4.14. The van der Waals surface area contributed by atoms with Gasteiger partial charge in [0.1, 0.15) is 17.8 Å². The first-order chi connectivity index (χ1) is 17.4. The van der Waals surface area contributed by atoms with Crippen molar-refractivity contribution in [3.63, 3.8) is 0 Å². The van der Waals surface area contributed by atoms with Gasteiger partial charge in [0.15, 0.2) is 17.4 Å². The number of hydrogen-bond acceptors (Lipinski definition) is 7. The number of carbonyl (C=O) groups is 4. The number of aliphatic hydroxyl groups is 2. The van der Waals surface area contributed by atoms with Crippen LogP contribution in [-0.2, 0) is 19.2 Å². The van der Waals surface area contributed by atoms with Gasteiger partial charge in [-0.1, -0.05) is 31.7 Å². The SMILES string of the molecule is CC(C(=O)O)C(=O)O.C[C@@H]1C[C@H]2[C@@H]3C[C@H](F)C4=CC(=O)C=C[C@]4(C)[C@@]3(F)[C@@H](O)C[C@]2(C)[C@@]1(O)C(=O)SCF. The number of rotatable bonds is 4. The molecule has 4 aliphatic carbocycles. The predicted molar refractivity (Wildman–Crippen MR) is 131 cm³/mol. The largest absolute Gasteiger partial charge is 0.481 e. The summed E-state index contributed by atoms with van der Waals surface area (Å²) >= 11 is 0.371. The summed E-state index contributed by atoms with van der Waals surface area (Å²) in [6, 6.07) is -0.995. The van der Waals surface area contributed by atoms with Gasteiger partial charge >= 0.3 is 11.9 Å². The molecular weight excluding hydrogens is 529 g/mol. The number of allylic oxidation sites excluding steroid dienone is 4. The molecule has 38 heavy (non-hydrogen) atoms. The summed E-state index contributed by atoms with van der Waals surface area (Å²) in [7, 11) is 0. The maximum atomic E-state index is 16.9. The molecule has 3 saturated carbocycles. The van der Waals surface area contributed by atoms with E-state index in [0.29, 0.717) is 11.8 Å². The third-order valence-corrected chi connectivity index (χ3v) is 10.1. The zero-order chi connectivity index (χ0) is 29.0. The molecule has 9 atom stereocenters. The first-order valence-corrected chi connectivity index (χ1v) is 13.3. The normalized spacial score (nSPS) is 43.3. The number of thioether (sulfide) groups is 1. The third-order valence-electron chi connectivity index (χ3n) is 9.45. The lowest BCUT2D eigenvalue weighted by Crippen LogP contribution is -2.70. The number of ketones is 1. The van der Waals surface area contributed by atoms with E-state index >= 15 is 8.78 Å². The van der Waals surface area contributed by atoms with E-state index in [1.54, 1.807) is 13.8 Å². The molecule has 0 unspecified atom stereocenters. The second kappa shape index (κ2) is 10.1. The number of carboxylic acids is 2. The van der Waals surface area contributed by atoms with Gasteiger partial charge < -0.3 is 20.4 Å².